The van der Waals surface area contributed by atoms with E-state index in [0.717, 1.165) is 74.3 Å². The molecule has 4 heteroatoms. The second-order valence-electron chi connectivity index (χ2n) is 13.2. The second kappa shape index (κ2) is 11.9. The molecule has 1 aliphatic carbocycles. The number of hydrogen-bond donors (Lipinski definition) is 0. The van der Waals surface area contributed by atoms with E-state index < -0.39 is 0 Å². The number of ether oxygens (including phenoxy) is 1. The van der Waals surface area contributed by atoms with Crippen LogP contribution in [-0.2, 0) is 5.41 Å². The summed E-state index contributed by atoms with van der Waals surface area (Å²) in [6.45, 7) is 0. The van der Waals surface area contributed by atoms with Gasteiger partial charge in [0.25, 0.3) is 0 Å². The topological polar surface area (TPSA) is 58.8 Å². The molecule has 1 aliphatic heterocycles. The molecule has 1 aromatic heterocycles. The fraction of sp³-hybridized carbons (Fsp3) is 0.133. The molecule has 0 bridgehead atoms. The van der Waals surface area contributed by atoms with Crippen molar-refractivity contribution < 1.29 is 4.74 Å². The van der Waals surface area contributed by atoms with Crippen LogP contribution in [0.1, 0.15) is 48.8 Å². The van der Waals surface area contributed by atoms with E-state index in [0.29, 0.717) is 11.4 Å². The molecule has 0 N–H and O–H groups in total. The average Bonchev–Trinajstić information content (AvgIpc) is 3.18. The van der Waals surface area contributed by atoms with Crippen molar-refractivity contribution in [2.24, 2.45) is 0 Å². The summed E-state index contributed by atoms with van der Waals surface area (Å²) in [5, 5.41) is 10.5. The molecule has 0 unspecified atom stereocenters. The van der Waals surface area contributed by atoms with Crippen LogP contribution in [0, 0.1) is 11.3 Å². The first-order valence-electron chi connectivity index (χ1n) is 17.1. The number of rotatable bonds is 4. The van der Waals surface area contributed by atoms with Crippen molar-refractivity contribution >= 4 is 10.9 Å². The van der Waals surface area contributed by atoms with Gasteiger partial charge in [0, 0.05) is 33.1 Å². The molecule has 9 rings (SSSR count). The Hall–Kier alpha value is -6.05. The monoisotopic (exact) mass is 631 g/mol. The van der Waals surface area contributed by atoms with E-state index in [4.69, 9.17) is 14.7 Å². The van der Waals surface area contributed by atoms with E-state index in [1.165, 1.54) is 30.4 Å². The molecule has 1 spiro atoms. The highest BCUT2D eigenvalue weighted by atomic mass is 16.5. The highest BCUT2D eigenvalue weighted by molar-refractivity contribution is 5.94. The quantitative estimate of drug-likeness (QED) is 0.194. The molecule has 7 aromatic rings. The molecule has 234 valence electrons. The van der Waals surface area contributed by atoms with Crippen molar-refractivity contribution in [1.82, 2.24) is 9.97 Å². The van der Waals surface area contributed by atoms with Gasteiger partial charge >= 0.3 is 0 Å². The minimum absolute atomic E-state index is 0.0575. The smallest absolute Gasteiger partial charge is 0.160 e. The molecule has 2 aliphatic rings. The van der Waals surface area contributed by atoms with Gasteiger partial charge in [-0.1, -0.05) is 104 Å². The van der Waals surface area contributed by atoms with Crippen molar-refractivity contribution in [2.75, 3.05) is 0 Å². The maximum absolute atomic E-state index is 9.48. The predicted octanol–water partition coefficient (Wildman–Crippen LogP) is 11.5. The third-order valence-electron chi connectivity index (χ3n) is 10.3. The van der Waals surface area contributed by atoms with Crippen molar-refractivity contribution in [1.29, 1.82) is 5.26 Å². The summed E-state index contributed by atoms with van der Waals surface area (Å²) < 4.78 is 6.55. The van der Waals surface area contributed by atoms with Crippen LogP contribution >= 0.6 is 0 Å². The third kappa shape index (κ3) is 5.07. The zero-order valence-electron chi connectivity index (χ0n) is 27.1. The van der Waals surface area contributed by atoms with Gasteiger partial charge in [0.15, 0.2) is 5.82 Å². The van der Waals surface area contributed by atoms with Crippen LogP contribution < -0.4 is 4.74 Å². The molecule has 0 atom stereocenters. The molecule has 4 nitrogen and oxygen atoms in total. The average molecular weight is 632 g/mol. The van der Waals surface area contributed by atoms with Crippen LogP contribution in [0.4, 0.5) is 0 Å². The van der Waals surface area contributed by atoms with Gasteiger partial charge in [-0.2, -0.15) is 5.26 Å². The van der Waals surface area contributed by atoms with Crippen LogP contribution in [0.15, 0.2) is 140 Å². The Labute approximate surface area is 286 Å². The molecular formula is C45H33N3O. The number of para-hydroxylation sites is 2. The fourth-order valence-corrected chi connectivity index (χ4v) is 7.93. The van der Waals surface area contributed by atoms with Crippen molar-refractivity contribution in [3.63, 3.8) is 0 Å². The first kappa shape index (κ1) is 29.1. The van der Waals surface area contributed by atoms with Crippen molar-refractivity contribution in [3.8, 4) is 62.5 Å². The zero-order valence-corrected chi connectivity index (χ0v) is 27.1. The van der Waals surface area contributed by atoms with Crippen molar-refractivity contribution in [3.05, 3.63) is 156 Å². The number of fused-ring (bicyclic) bond motifs is 5. The maximum atomic E-state index is 9.48. The molecule has 1 fully saturated rings. The Bertz CT molecular complexity index is 2400. The number of nitrogens with zero attached hydrogens (tertiary/aromatic N) is 3. The van der Waals surface area contributed by atoms with E-state index >= 15 is 0 Å². The maximum Gasteiger partial charge on any atom is 0.160 e. The van der Waals surface area contributed by atoms with Crippen LogP contribution in [-0.4, -0.2) is 9.97 Å². The number of hydrogen-bond acceptors (Lipinski definition) is 4. The standard InChI is InChI=1S/C45H33N3O/c46-29-30-17-19-31(20-18-30)34-25-35(27-36(26-34)44-47-40-15-7-5-13-37(40)43(48-44)32-11-3-1-4-12-32)33-21-22-42-39(28-33)45(23-9-2-10-24-45)38-14-6-8-16-41(38)49-42/h1,3-8,11-22,25-28H,2,9-10,23-24H2. The number of nitriles is 1. The molecular weight excluding hydrogens is 599 g/mol. The van der Waals surface area contributed by atoms with Gasteiger partial charge in [-0.3, -0.25) is 0 Å². The van der Waals surface area contributed by atoms with Crippen LogP contribution in [0.5, 0.6) is 11.5 Å². The van der Waals surface area contributed by atoms with Gasteiger partial charge in [-0.15, -0.1) is 0 Å². The third-order valence-corrected chi connectivity index (χ3v) is 10.3. The summed E-state index contributed by atoms with van der Waals surface area (Å²) in [4.78, 5) is 10.3. The summed E-state index contributed by atoms with van der Waals surface area (Å²) in [5.74, 6) is 2.61. The van der Waals surface area contributed by atoms with Gasteiger partial charge in [0.2, 0.25) is 0 Å². The van der Waals surface area contributed by atoms with E-state index in [9.17, 15) is 5.26 Å². The molecule has 2 heterocycles. The number of aromatic nitrogens is 2. The van der Waals surface area contributed by atoms with Crippen molar-refractivity contribution in [2.45, 2.75) is 37.5 Å². The summed E-state index contributed by atoms with van der Waals surface area (Å²) in [5.41, 5.74) is 11.3. The number of benzene rings is 6. The normalized spacial score (nSPS) is 14.4. The Balaban J connectivity index is 1.25. The Morgan fingerprint density at radius 1 is 0.531 bits per heavy atom. The Kier molecular flexibility index (Phi) is 7.06. The fourth-order valence-electron chi connectivity index (χ4n) is 7.93. The Morgan fingerprint density at radius 3 is 2.02 bits per heavy atom. The molecule has 1 saturated carbocycles. The van der Waals surface area contributed by atoms with E-state index in [1.54, 1.807) is 0 Å². The van der Waals surface area contributed by atoms with Gasteiger partial charge in [-0.25, -0.2) is 9.97 Å². The minimum Gasteiger partial charge on any atom is -0.457 e. The van der Waals surface area contributed by atoms with Crippen LogP contribution in [0.2, 0.25) is 0 Å². The lowest BCUT2D eigenvalue weighted by Crippen LogP contribution is -2.33. The van der Waals surface area contributed by atoms with E-state index in [1.807, 2.05) is 54.6 Å². The molecule has 0 amide bonds. The zero-order chi connectivity index (χ0) is 32.8. The predicted molar refractivity (Wildman–Crippen MR) is 196 cm³/mol. The molecule has 0 saturated heterocycles. The van der Waals surface area contributed by atoms with Gasteiger partial charge < -0.3 is 4.74 Å². The SMILES string of the molecule is N#Cc1ccc(-c2cc(-c3ccc4c(c3)C3(CCCCC3)c3ccccc3O4)cc(-c3nc(-c4ccccc4)c4ccccc4n3)c2)cc1. The minimum atomic E-state index is -0.0575. The molecule has 0 radical (unpaired) electrons. The summed E-state index contributed by atoms with van der Waals surface area (Å²) >= 11 is 0. The lowest BCUT2D eigenvalue weighted by atomic mass is 9.63. The van der Waals surface area contributed by atoms with Gasteiger partial charge in [0.05, 0.1) is 22.8 Å². The summed E-state index contributed by atoms with van der Waals surface area (Å²) in [6, 6.07) is 50.5. The summed E-state index contributed by atoms with van der Waals surface area (Å²) in [6.07, 6.45) is 5.92. The van der Waals surface area contributed by atoms with Gasteiger partial charge in [-0.05, 0) is 89.7 Å². The van der Waals surface area contributed by atoms with Gasteiger partial charge in [0.1, 0.15) is 11.5 Å². The first-order chi connectivity index (χ1) is 24.2. The van der Waals surface area contributed by atoms with Crippen LogP contribution in [0.3, 0.4) is 0 Å². The van der Waals surface area contributed by atoms with E-state index in [-0.39, 0.29) is 5.41 Å². The highest BCUT2D eigenvalue weighted by Crippen LogP contribution is 2.55. The Morgan fingerprint density at radius 2 is 1.20 bits per heavy atom. The molecule has 6 aromatic carbocycles. The van der Waals surface area contributed by atoms with Crippen LogP contribution in [0.25, 0.3) is 55.8 Å². The largest absolute Gasteiger partial charge is 0.457 e. The first-order valence-corrected chi connectivity index (χ1v) is 17.1. The summed E-state index contributed by atoms with van der Waals surface area (Å²) in [7, 11) is 0. The van der Waals surface area contributed by atoms with E-state index in [2.05, 4.69) is 91.0 Å². The lowest BCUT2D eigenvalue weighted by molar-refractivity contribution is 0.306. The highest BCUT2D eigenvalue weighted by Gasteiger charge is 2.42. The lowest BCUT2D eigenvalue weighted by Gasteiger charge is -2.43. The second-order valence-corrected chi connectivity index (χ2v) is 13.2. The molecule has 49 heavy (non-hydrogen) atoms.